The van der Waals surface area contributed by atoms with Gasteiger partial charge in [0.2, 0.25) is 0 Å². The number of aromatic amines is 1. The molecule has 1 atom stereocenters. The highest BCUT2D eigenvalue weighted by atomic mass is 35.5. The van der Waals surface area contributed by atoms with E-state index in [9.17, 15) is 9.90 Å². The lowest BCUT2D eigenvalue weighted by atomic mass is 10.2. The van der Waals surface area contributed by atoms with Crippen molar-refractivity contribution in [1.82, 2.24) is 9.88 Å². The summed E-state index contributed by atoms with van der Waals surface area (Å²) in [7, 11) is 0. The average molecular weight is 295 g/mol. The molecule has 20 heavy (non-hydrogen) atoms. The number of amides is 1. The predicted molar refractivity (Wildman–Crippen MR) is 81.2 cm³/mol. The molecule has 2 rings (SSSR count). The molecule has 1 unspecified atom stereocenters. The van der Waals surface area contributed by atoms with Crippen molar-refractivity contribution in [1.29, 1.82) is 0 Å². The molecule has 0 bridgehead atoms. The zero-order valence-corrected chi connectivity index (χ0v) is 12.6. The van der Waals surface area contributed by atoms with Crippen molar-refractivity contribution in [2.24, 2.45) is 0 Å². The number of nitrogens with one attached hydrogen (secondary N) is 1. The van der Waals surface area contributed by atoms with E-state index in [0.717, 1.165) is 10.9 Å². The Morgan fingerprint density at radius 2 is 2.05 bits per heavy atom. The standard InChI is InChI=1S/C15H19ClN2O2/c1-9(2)18(8-10(3)19)15(20)14-7-11-6-12(16)4-5-13(11)17-14/h4-7,9-10,17,19H,8H2,1-3H3. The van der Waals surface area contributed by atoms with Gasteiger partial charge in [-0.05, 0) is 45.0 Å². The number of carbonyl (C=O) groups excluding carboxylic acids is 1. The van der Waals surface area contributed by atoms with E-state index in [-0.39, 0.29) is 11.9 Å². The first-order valence-electron chi connectivity index (χ1n) is 6.66. The normalized spacial score (nSPS) is 12.9. The van der Waals surface area contributed by atoms with E-state index in [4.69, 9.17) is 11.6 Å². The molecule has 108 valence electrons. The lowest BCUT2D eigenvalue weighted by molar-refractivity contribution is 0.0574. The van der Waals surface area contributed by atoms with Crippen LogP contribution in [0, 0.1) is 0 Å². The highest BCUT2D eigenvalue weighted by Crippen LogP contribution is 2.21. The Morgan fingerprint density at radius 3 is 2.65 bits per heavy atom. The van der Waals surface area contributed by atoms with Crippen molar-refractivity contribution in [3.05, 3.63) is 35.0 Å². The van der Waals surface area contributed by atoms with Gasteiger partial charge in [-0.1, -0.05) is 11.6 Å². The van der Waals surface area contributed by atoms with Crippen LogP contribution in [0.5, 0.6) is 0 Å². The summed E-state index contributed by atoms with van der Waals surface area (Å²) in [6, 6.07) is 7.26. The zero-order valence-electron chi connectivity index (χ0n) is 11.9. The van der Waals surface area contributed by atoms with E-state index >= 15 is 0 Å². The number of hydrogen-bond donors (Lipinski definition) is 2. The molecule has 1 aromatic carbocycles. The first-order chi connectivity index (χ1) is 9.38. The molecule has 4 nitrogen and oxygen atoms in total. The van der Waals surface area contributed by atoms with Gasteiger partial charge in [0.1, 0.15) is 5.69 Å². The van der Waals surface area contributed by atoms with Crippen LogP contribution in [0.25, 0.3) is 10.9 Å². The largest absolute Gasteiger partial charge is 0.392 e. The minimum atomic E-state index is -0.555. The molecule has 0 aliphatic heterocycles. The number of fused-ring (bicyclic) bond motifs is 1. The third kappa shape index (κ3) is 3.14. The van der Waals surface area contributed by atoms with Crippen molar-refractivity contribution in [3.63, 3.8) is 0 Å². The van der Waals surface area contributed by atoms with E-state index in [2.05, 4.69) is 4.98 Å². The number of carbonyl (C=O) groups is 1. The molecule has 0 fully saturated rings. The predicted octanol–water partition coefficient (Wildman–Crippen LogP) is 3.05. The van der Waals surface area contributed by atoms with Crippen LogP contribution in [0.4, 0.5) is 0 Å². The third-order valence-electron chi connectivity index (χ3n) is 3.16. The van der Waals surface area contributed by atoms with E-state index in [1.54, 1.807) is 24.0 Å². The number of H-pyrrole nitrogens is 1. The van der Waals surface area contributed by atoms with Crippen LogP contribution in [0.1, 0.15) is 31.3 Å². The lowest BCUT2D eigenvalue weighted by Gasteiger charge is -2.27. The van der Waals surface area contributed by atoms with Gasteiger partial charge in [-0.3, -0.25) is 4.79 Å². The van der Waals surface area contributed by atoms with E-state index in [1.165, 1.54) is 0 Å². The fraction of sp³-hybridized carbons (Fsp3) is 0.400. The number of aliphatic hydroxyl groups excluding tert-OH is 1. The van der Waals surface area contributed by atoms with Gasteiger partial charge in [0.15, 0.2) is 0 Å². The molecule has 0 saturated carbocycles. The fourth-order valence-corrected chi connectivity index (χ4v) is 2.37. The van der Waals surface area contributed by atoms with Gasteiger partial charge in [0, 0.05) is 28.5 Å². The number of aliphatic hydroxyl groups is 1. The maximum atomic E-state index is 12.5. The van der Waals surface area contributed by atoms with Gasteiger partial charge < -0.3 is 15.0 Å². The Labute approximate surface area is 123 Å². The maximum Gasteiger partial charge on any atom is 0.270 e. The average Bonchev–Trinajstić information content (AvgIpc) is 2.77. The SMILES string of the molecule is CC(O)CN(C(=O)c1cc2cc(Cl)ccc2[nH]1)C(C)C. The molecule has 0 radical (unpaired) electrons. The molecule has 1 heterocycles. The molecule has 5 heteroatoms. The lowest BCUT2D eigenvalue weighted by Crippen LogP contribution is -2.41. The van der Waals surface area contributed by atoms with Gasteiger partial charge in [0.05, 0.1) is 6.10 Å². The number of rotatable bonds is 4. The van der Waals surface area contributed by atoms with Crippen molar-refractivity contribution >= 4 is 28.4 Å². The number of halogens is 1. The van der Waals surface area contributed by atoms with Gasteiger partial charge in [0.25, 0.3) is 5.91 Å². The van der Waals surface area contributed by atoms with E-state index in [1.807, 2.05) is 26.0 Å². The van der Waals surface area contributed by atoms with Crippen molar-refractivity contribution < 1.29 is 9.90 Å². The summed E-state index contributed by atoms with van der Waals surface area (Å²) in [4.78, 5) is 17.3. The molecule has 1 aromatic heterocycles. The first-order valence-corrected chi connectivity index (χ1v) is 7.03. The van der Waals surface area contributed by atoms with Crippen LogP contribution in [-0.4, -0.2) is 39.6 Å². The van der Waals surface area contributed by atoms with Crippen LogP contribution < -0.4 is 0 Å². The Kier molecular flexibility index (Phi) is 4.35. The Morgan fingerprint density at radius 1 is 1.35 bits per heavy atom. The number of benzene rings is 1. The molecule has 2 aromatic rings. The molecule has 0 aliphatic carbocycles. The highest BCUT2D eigenvalue weighted by molar-refractivity contribution is 6.31. The summed E-state index contributed by atoms with van der Waals surface area (Å²) in [5.41, 5.74) is 1.38. The molecular formula is C15H19ClN2O2. The van der Waals surface area contributed by atoms with Crippen LogP contribution >= 0.6 is 11.6 Å². The Balaban J connectivity index is 2.33. The van der Waals surface area contributed by atoms with Crippen LogP contribution in [0.2, 0.25) is 5.02 Å². The zero-order chi connectivity index (χ0) is 14.9. The minimum absolute atomic E-state index is 0.0205. The summed E-state index contributed by atoms with van der Waals surface area (Å²) in [6.07, 6.45) is -0.555. The molecule has 2 N–H and O–H groups in total. The quantitative estimate of drug-likeness (QED) is 0.910. The van der Waals surface area contributed by atoms with Crippen LogP contribution in [0.3, 0.4) is 0 Å². The Hall–Kier alpha value is -1.52. The Bertz CT molecular complexity index is 619. The van der Waals surface area contributed by atoms with Gasteiger partial charge in [-0.15, -0.1) is 0 Å². The van der Waals surface area contributed by atoms with E-state index < -0.39 is 6.10 Å². The van der Waals surface area contributed by atoms with Crippen LogP contribution in [-0.2, 0) is 0 Å². The second-order valence-corrected chi connectivity index (χ2v) is 5.75. The second-order valence-electron chi connectivity index (χ2n) is 5.31. The van der Waals surface area contributed by atoms with Gasteiger partial charge in [-0.25, -0.2) is 0 Å². The van der Waals surface area contributed by atoms with E-state index in [0.29, 0.717) is 17.3 Å². The van der Waals surface area contributed by atoms with Crippen LogP contribution in [0.15, 0.2) is 24.3 Å². The number of hydrogen-bond acceptors (Lipinski definition) is 2. The highest BCUT2D eigenvalue weighted by Gasteiger charge is 2.21. The summed E-state index contributed by atoms with van der Waals surface area (Å²) in [5, 5.41) is 11.1. The summed E-state index contributed by atoms with van der Waals surface area (Å²) in [6.45, 7) is 5.85. The summed E-state index contributed by atoms with van der Waals surface area (Å²) >= 11 is 5.95. The monoisotopic (exact) mass is 294 g/mol. The number of nitrogens with zero attached hydrogens (tertiary/aromatic N) is 1. The first kappa shape index (κ1) is 14.9. The molecule has 0 spiro atoms. The van der Waals surface area contributed by atoms with Gasteiger partial charge in [-0.2, -0.15) is 0 Å². The molecule has 0 saturated heterocycles. The second kappa shape index (κ2) is 5.85. The van der Waals surface area contributed by atoms with Crippen molar-refractivity contribution in [2.45, 2.75) is 32.9 Å². The van der Waals surface area contributed by atoms with Gasteiger partial charge >= 0.3 is 0 Å². The maximum absolute atomic E-state index is 12.5. The smallest absolute Gasteiger partial charge is 0.270 e. The third-order valence-corrected chi connectivity index (χ3v) is 3.39. The molecule has 1 amide bonds. The summed E-state index contributed by atoms with van der Waals surface area (Å²) < 4.78 is 0. The fourth-order valence-electron chi connectivity index (χ4n) is 2.19. The van der Waals surface area contributed by atoms with Crippen molar-refractivity contribution in [3.8, 4) is 0 Å². The minimum Gasteiger partial charge on any atom is -0.392 e. The molecule has 0 aliphatic rings. The van der Waals surface area contributed by atoms with Crippen molar-refractivity contribution in [2.75, 3.05) is 6.54 Å². The number of aromatic nitrogens is 1. The molecular weight excluding hydrogens is 276 g/mol. The summed E-state index contributed by atoms with van der Waals surface area (Å²) in [5.74, 6) is -0.117. The topological polar surface area (TPSA) is 56.3 Å².